The van der Waals surface area contributed by atoms with E-state index in [0.29, 0.717) is 13.1 Å². The van der Waals surface area contributed by atoms with Crippen molar-refractivity contribution in [2.45, 2.75) is 20.0 Å². The highest BCUT2D eigenvalue weighted by Gasteiger charge is 2.15. The molecule has 8 heteroatoms. The lowest BCUT2D eigenvalue weighted by molar-refractivity contribution is -0.119. The lowest BCUT2D eigenvalue weighted by atomic mass is 10.1. The van der Waals surface area contributed by atoms with Crippen LogP contribution in [0.4, 0.5) is 0 Å². The van der Waals surface area contributed by atoms with Crippen LogP contribution in [-0.4, -0.2) is 29.3 Å². The number of fused-ring (bicyclic) bond motifs is 1. The van der Waals surface area contributed by atoms with E-state index in [2.05, 4.69) is 20.8 Å². The fourth-order valence-electron chi connectivity index (χ4n) is 2.79. The molecule has 1 amide bonds. The third kappa shape index (κ3) is 4.45. The van der Waals surface area contributed by atoms with Gasteiger partial charge in [0, 0.05) is 19.2 Å². The standard InChI is InChI=1S/C20H20N4O3S/c1-13(25)21-9-14-2-5-16(6-3-14)17-11-28-20(24-23-17)22-10-15-4-7-18-19(8-15)27-12-26-18/h2-8H,9-12H2,1H3,(H,21,25)(H,22,24). The molecule has 2 aromatic rings. The van der Waals surface area contributed by atoms with Crippen molar-refractivity contribution in [1.29, 1.82) is 0 Å². The highest BCUT2D eigenvalue weighted by molar-refractivity contribution is 8.14. The maximum atomic E-state index is 11.0. The van der Waals surface area contributed by atoms with Crippen LogP contribution >= 0.6 is 11.8 Å². The molecule has 0 aromatic heterocycles. The van der Waals surface area contributed by atoms with Crippen LogP contribution in [0.1, 0.15) is 23.6 Å². The Kier molecular flexibility index (Phi) is 5.48. The number of nitrogens with zero attached hydrogens (tertiary/aromatic N) is 2. The summed E-state index contributed by atoms with van der Waals surface area (Å²) in [4.78, 5) is 15.6. The molecule has 0 saturated heterocycles. The summed E-state index contributed by atoms with van der Waals surface area (Å²) in [5, 5.41) is 8.04. The van der Waals surface area contributed by atoms with Crippen molar-refractivity contribution in [3.63, 3.8) is 0 Å². The molecule has 7 nitrogen and oxygen atoms in total. The van der Waals surface area contributed by atoms with Gasteiger partial charge < -0.3 is 14.8 Å². The Bertz CT molecular complexity index is 941. The molecule has 0 radical (unpaired) electrons. The zero-order valence-corrected chi connectivity index (χ0v) is 16.2. The van der Waals surface area contributed by atoms with Crippen molar-refractivity contribution in [2.75, 3.05) is 12.5 Å². The number of carbonyl (C=O) groups is 1. The van der Waals surface area contributed by atoms with Crippen LogP contribution in [-0.2, 0) is 17.9 Å². The maximum absolute atomic E-state index is 11.0. The van der Waals surface area contributed by atoms with E-state index in [0.717, 1.165) is 44.8 Å². The number of benzene rings is 2. The number of amidine groups is 1. The van der Waals surface area contributed by atoms with Gasteiger partial charge in [-0.25, -0.2) is 0 Å². The highest BCUT2D eigenvalue weighted by atomic mass is 32.2. The molecule has 0 atom stereocenters. The molecule has 0 aliphatic carbocycles. The Hall–Kier alpha value is -3.00. The molecule has 4 rings (SSSR count). The van der Waals surface area contributed by atoms with Gasteiger partial charge in [-0.1, -0.05) is 42.1 Å². The van der Waals surface area contributed by atoms with E-state index in [-0.39, 0.29) is 12.7 Å². The first kappa shape index (κ1) is 18.4. The van der Waals surface area contributed by atoms with Gasteiger partial charge >= 0.3 is 0 Å². The summed E-state index contributed by atoms with van der Waals surface area (Å²) in [5.41, 5.74) is 7.18. The van der Waals surface area contributed by atoms with Gasteiger partial charge in [-0.2, -0.15) is 5.10 Å². The van der Waals surface area contributed by atoms with Gasteiger partial charge in [-0.15, -0.1) is 0 Å². The Morgan fingerprint density at radius 3 is 2.71 bits per heavy atom. The average molecular weight is 396 g/mol. The van der Waals surface area contributed by atoms with Gasteiger partial charge in [0.15, 0.2) is 16.7 Å². The number of amides is 1. The number of ether oxygens (including phenoxy) is 2. The number of hydrogen-bond donors (Lipinski definition) is 2. The topological polar surface area (TPSA) is 84.3 Å². The summed E-state index contributed by atoms with van der Waals surface area (Å²) in [6.45, 7) is 2.87. The molecular weight excluding hydrogens is 376 g/mol. The summed E-state index contributed by atoms with van der Waals surface area (Å²) < 4.78 is 10.7. The monoisotopic (exact) mass is 396 g/mol. The van der Waals surface area contributed by atoms with Crippen molar-refractivity contribution in [3.8, 4) is 11.5 Å². The molecule has 2 aliphatic rings. The zero-order chi connectivity index (χ0) is 19.3. The van der Waals surface area contributed by atoms with Crippen molar-refractivity contribution >= 4 is 28.5 Å². The summed E-state index contributed by atoms with van der Waals surface area (Å²) in [6.07, 6.45) is 0. The van der Waals surface area contributed by atoms with E-state index >= 15 is 0 Å². The van der Waals surface area contributed by atoms with Gasteiger partial charge in [0.1, 0.15) is 0 Å². The molecule has 0 bridgehead atoms. The van der Waals surface area contributed by atoms with Crippen molar-refractivity contribution in [1.82, 2.24) is 10.7 Å². The van der Waals surface area contributed by atoms with Crippen LogP contribution in [0.15, 0.2) is 52.6 Å². The van der Waals surface area contributed by atoms with E-state index in [9.17, 15) is 4.79 Å². The number of hydrogen-bond acceptors (Lipinski definition) is 6. The molecule has 0 spiro atoms. The predicted molar refractivity (Wildman–Crippen MR) is 110 cm³/mol. The Morgan fingerprint density at radius 1 is 1.18 bits per heavy atom. The fourth-order valence-corrected chi connectivity index (χ4v) is 3.56. The predicted octanol–water partition coefficient (Wildman–Crippen LogP) is 2.65. The largest absolute Gasteiger partial charge is 0.454 e. The second-order valence-electron chi connectivity index (χ2n) is 6.37. The number of carbonyl (C=O) groups excluding carboxylic acids is 1. The van der Waals surface area contributed by atoms with Gasteiger partial charge in [-0.05, 0) is 28.8 Å². The Labute approximate surface area is 167 Å². The molecular formula is C20H20N4O3S. The Balaban J connectivity index is 1.35. The van der Waals surface area contributed by atoms with Gasteiger partial charge in [0.25, 0.3) is 0 Å². The maximum Gasteiger partial charge on any atom is 0.231 e. The first-order valence-electron chi connectivity index (χ1n) is 8.89. The number of nitrogens with one attached hydrogen (secondary N) is 2. The molecule has 2 aliphatic heterocycles. The van der Waals surface area contributed by atoms with Crippen molar-refractivity contribution in [3.05, 3.63) is 59.2 Å². The normalized spacial score (nSPS) is 16.5. The highest BCUT2D eigenvalue weighted by Crippen LogP contribution is 2.32. The van der Waals surface area contributed by atoms with E-state index in [4.69, 9.17) is 9.47 Å². The minimum Gasteiger partial charge on any atom is -0.454 e. The summed E-state index contributed by atoms with van der Waals surface area (Å²) in [5.74, 6) is 2.26. The molecule has 2 heterocycles. The third-order valence-electron chi connectivity index (χ3n) is 4.30. The second-order valence-corrected chi connectivity index (χ2v) is 7.34. The van der Waals surface area contributed by atoms with Crippen molar-refractivity contribution in [2.24, 2.45) is 10.1 Å². The van der Waals surface area contributed by atoms with Gasteiger partial charge in [-0.3, -0.25) is 15.2 Å². The van der Waals surface area contributed by atoms with Crippen molar-refractivity contribution < 1.29 is 14.3 Å². The lowest BCUT2D eigenvalue weighted by Crippen LogP contribution is -2.25. The first-order valence-corrected chi connectivity index (χ1v) is 9.88. The van der Waals surface area contributed by atoms with Gasteiger partial charge in [0.05, 0.1) is 12.3 Å². The molecule has 0 unspecified atom stereocenters. The quantitative estimate of drug-likeness (QED) is 0.812. The van der Waals surface area contributed by atoms with E-state index < -0.39 is 0 Å². The van der Waals surface area contributed by atoms with Crippen LogP contribution in [0.25, 0.3) is 0 Å². The number of hydrazone groups is 1. The molecule has 28 heavy (non-hydrogen) atoms. The van der Waals surface area contributed by atoms with E-state index in [1.165, 1.54) is 6.92 Å². The average Bonchev–Trinajstić information content (AvgIpc) is 3.19. The summed E-state index contributed by atoms with van der Waals surface area (Å²) >= 11 is 1.62. The van der Waals surface area contributed by atoms with Crippen LogP contribution in [0.2, 0.25) is 0 Å². The smallest absolute Gasteiger partial charge is 0.231 e. The van der Waals surface area contributed by atoms with Crippen LogP contribution < -0.4 is 20.2 Å². The van der Waals surface area contributed by atoms with E-state index in [1.54, 1.807) is 11.8 Å². The molecule has 0 fully saturated rings. The molecule has 144 valence electrons. The summed E-state index contributed by atoms with van der Waals surface area (Å²) in [6, 6.07) is 13.9. The second kappa shape index (κ2) is 8.35. The van der Waals surface area contributed by atoms with Gasteiger partial charge in [0.2, 0.25) is 12.7 Å². The van der Waals surface area contributed by atoms with Crippen LogP contribution in [0, 0.1) is 0 Å². The van der Waals surface area contributed by atoms with Crippen LogP contribution in [0.3, 0.4) is 0 Å². The van der Waals surface area contributed by atoms with Crippen LogP contribution in [0.5, 0.6) is 11.5 Å². The minimum atomic E-state index is -0.0334. The fraction of sp³-hybridized carbons (Fsp3) is 0.250. The first-order chi connectivity index (χ1) is 13.7. The number of thioether (sulfide) groups is 1. The Morgan fingerprint density at radius 2 is 1.96 bits per heavy atom. The lowest BCUT2D eigenvalue weighted by Gasteiger charge is -2.15. The SMILES string of the molecule is CC(=O)NCc1ccc(C2=NNC(=NCc3ccc4c(c3)OCO4)SC2)cc1. The molecule has 2 aromatic carbocycles. The molecule has 2 N–H and O–H groups in total. The summed E-state index contributed by atoms with van der Waals surface area (Å²) in [7, 11) is 0. The minimum absolute atomic E-state index is 0.0334. The third-order valence-corrected chi connectivity index (χ3v) is 5.21. The zero-order valence-electron chi connectivity index (χ0n) is 15.4. The van der Waals surface area contributed by atoms with E-state index in [1.807, 2.05) is 42.5 Å². The number of aliphatic imine (C=N–C) groups is 1. The number of rotatable bonds is 5. The molecule has 0 saturated carbocycles.